The third-order valence-corrected chi connectivity index (χ3v) is 6.14. The van der Waals surface area contributed by atoms with E-state index in [0.717, 1.165) is 30.1 Å². The highest BCUT2D eigenvalue weighted by Crippen LogP contribution is 2.29. The Morgan fingerprint density at radius 1 is 1.07 bits per heavy atom. The van der Waals surface area contributed by atoms with Gasteiger partial charge in [0, 0.05) is 39.5 Å². The second kappa shape index (κ2) is 7.68. The SMILES string of the molecule is CN(C)c1ccc2nnc(C3CCN(C(=O)C4Cc5ccccc5CO4)CC3)n2n1. The first-order valence-electron chi connectivity index (χ1n) is 10.5. The molecule has 3 aromatic rings. The van der Waals surface area contributed by atoms with Crippen molar-refractivity contribution < 1.29 is 9.53 Å². The van der Waals surface area contributed by atoms with Crippen LogP contribution < -0.4 is 4.90 Å². The topological polar surface area (TPSA) is 75.9 Å². The lowest BCUT2D eigenvalue weighted by molar-refractivity contribution is -0.146. The zero-order valence-corrected chi connectivity index (χ0v) is 17.4. The Balaban J connectivity index is 1.26. The minimum Gasteiger partial charge on any atom is -0.363 e. The average molecular weight is 406 g/mol. The molecule has 5 rings (SSSR count). The van der Waals surface area contributed by atoms with E-state index in [4.69, 9.17) is 4.74 Å². The highest BCUT2D eigenvalue weighted by Gasteiger charge is 2.33. The van der Waals surface area contributed by atoms with Gasteiger partial charge in [-0.2, -0.15) is 4.52 Å². The molecule has 8 heteroatoms. The number of carbonyl (C=O) groups excluding carboxylic acids is 1. The zero-order valence-electron chi connectivity index (χ0n) is 17.4. The van der Waals surface area contributed by atoms with E-state index < -0.39 is 0 Å². The Morgan fingerprint density at radius 2 is 1.83 bits per heavy atom. The molecule has 1 fully saturated rings. The van der Waals surface area contributed by atoms with Crippen molar-refractivity contribution in [2.24, 2.45) is 0 Å². The summed E-state index contributed by atoms with van der Waals surface area (Å²) in [4.78, 5) is 16.9. The van der Waals surface area contributed by atoms with Crippen LogP contribution in [-0.2, 0) is 22.6 Å². The number of hydrogen-bond acceptors (Lipinski definition) is 6. The van der Waals surface area contributed by atoms with Crippen LogP contribution in [0.3, 0.4) is 0 Å². The van der Waals surface area contributed by atoms with E-state index in [1.807, 2.05) is 52.7 Å². The molecule has 0 bridgehead atoms. The largest absolute Gasteiger partial charge is 0.363 e. The molecule has 2 aliphatic rings. The molecule has 1 atom stereocenters. The van der Waals surface area contributed by atoms with Gasteiger partial charge in [-0.3, -0.25) is 4.79 Å². The van der Waals surface area contributed by atoms with Crippen LogP contribution in [0.4, 0.5) is 5.82 Å². The maximum Gasteiger partial charge on any atom is 0.252 e. The molecule has 1 unspecified atom stereocenters. The molecule has 30 heavy (non-hydrogen) atoms. The summed E-state index contributed by atoms with van der Waals surface area (Å²) in [5, 5.41) is 13.4. The van der Waals surface area contributed by atoms with Gasteiger partial charge in [-0.25, -0.2) is 0 Å². The van der Waals surface area contributed by atoms with E-state index in [1.165, 1.54) is 11.1 Å². The summed E-state index contributed by atoms with van der Waals surface area (Å²) < 4.78 is 7.73. The van der Waals surface area contributed by atoms with Gasteiger partial charge in [0.25, 0.3) is 5.91 Å². The second-order valence-corrected chi connectivity index (χ2v) is 8.29. The highest BCUT2D eigenvalue weighted by molar-refractivity contribution is 5.81. The van der Waals surface area contributed by atoms with E-state index in [2.05, 4.69) is 27.4 Å². The van der Waals surface area contributed by atoms with Gasteiger partial charge in [0.1, 0.15) is 11.9 Å². The predicted octanol–water partition coefficient (Wildman–Crippen LogP) is 2.04. The molecule has 0 spiro atoms. The molecule has 4 heterocycles. The minimum atomic E-state index is -0.380. The summed E-state index contributed by atoms with van der Waals surface area (Å²) in [6, 6.07) is 12.1. The number of fused-ring (bicyclic) bond motifs is 2. The fourth-order valence-corrected chi connectivity index (χ4v) is 4.36. The van der Waals surface area contributed by atoms with Crippen LogP contribution in [0.2, 0.25) is 0 Å². The van der Waals surface area contributed by atoms with Crippen molar-refractivity contribution in [2.45, 2.75) is 37.9 Å². The molecule has 0 radical (unpaired) electrons. The molecule has 0 N–H and O–H groups in total. The van der Waals surface area contributed by atoms with Crippen molar-refractivity contribution >= 4 is 17.4 Å². The monoisotopic (exact) mass is 406 g/mol. The summed E-state index contributed by atoms with van der Waals surface area (Å²) in [6.07, 6.45) is 1.98. The first-order chi connectivity index (χ1) is 14.6. The zero-order chi connectivity index (χ0) is 20.7. The molecule has 1 saturated heterocycles. The average Bonchev–Trinajstić information content (AvgIpc) is 3.21. The second-order valence-electron chi connectivity index (χ2n) is 8.29. The van der Waals surface area contributed by atoms with Crippen LogP contribution in [0.25, 0.3) is 5.65 Å². The van der Waals surface area contributed by atoms with Crippen LogP contribution >= 0.6 is 0 Å². The molecule has 0 aliphatic carbocycles. The molecule has 156 valence electrons. The molecule has 8 nitrogen and oxygen atoms in total. The minimum absolute atomic E-state index is 0.0991. The van der Waals surface area contributed by atoms with Gasteiger partial charge in [-0.05, 0) is 36.1 Å². The Hall–Kier alpha value is -3.00. The lowest BCUT2D eigenvalue weighted by atomic mass is 9.94. The number of ether oxygens (including phenoxy) is 1. The fourth-order valence-electron chi connectivity index (χ4n) is 4.36. The number of hydrogen-bond donors (Lipinski definition) is 0. The van der Waals surface area contributed by atoms with Gasteiger partial charge in [-0.15, -0.1) is 15.3 Å². The Labute approximate surface area is 175 Å². The van der Waals surface area contributed by atoms with Gasteiger partial charge < -0.3 is 14.5 Å². The van der Waals surface area contributed by atoms with E-state index >= 15 is 0 Å². The first kappa shape index (κ1) is 19.0. The molecule has 1 aromatic carbocycles. The van der Waals surface area contributed by atoms with E-state index in [1.54, 1.807) is 0 Å². The van der Waals surface area contributed by atoms with Gasteiger partial charge >= 0.3 is 0 Å². The van der Waals surface area contributed by atoms with Crippen LogP contribution in [0.1, 0.15) is 35.7 Å². The van der Waals surface area contributed by atoms with Crippen molar-refractivity contribution in [1.82, 2.24) is 24.7 Å². The summed E-state index contributed by atoms with van der Waals surface area (Å²) >= 11 is 0. The molecule has 0 saturated carbocycles. The van der Waals surface area contributed by atoms with E-state index in [0.29, 0.717) is 26.1 Å². The molecule has 2 aromatic heterocycles. The lowest BCUT2D eigenvalue weighted by Gasteiger charge is -2.35. The van der Waals surface area contributed by atoms with Gasteiger partial charge in [-0.1, -0.05) is 24.3 Å². The summed E-state index contributed by atoms with van der Waals surface area (Å²) in [5.41, 5.74) is 3.15. The molecular formula is C22H26N6O2. The van der Waals surface area contributed by atoms with Gasteiger partial charge in [0.05, 0.1) is 6.61 Å². The lowest BCUT2D eigenvalue weighted by Crippen LogP contribution is -2.46. The number of rotatable bonds is 3. The van der Waals surface area contributed by atoms with Crippen molar-refractivity contribution in [3.63, 3.8) is 0 Å². The standard InChI is InChI=1S/C22H26N6O2/c1-26(2)20-8-7-19-23-24-21(28(19)25-20)15-9-11-27(12-10-15)22(29)18-13-16-5-3-4-6-17(16)14-30-18/h3-8,15,18H,9-14H2,1-2H3. The summed E-state index contributed by atoms with van der Waals surface area (Å²) in [7, 11) is 3.93. The van der Waals surface area contributed by atoms with Crippen molar-refractivity contribution in [1.29, 1.82) is 0 Å². The predicted molar refractivity (Wildman–Crippen MR) is 112 cm³/mol. The number of aromatic nitrogens is 4. The number of anilines is 1. The third-order valence-electron chi connectivity index (χ3n) is 6.14. The number of amides is 1. The smallest absolute Gasteiger partial charge is 0.252 e. The number of likely N-dealkylation sites (tertiary alicyclic amines) is 1. The quantitative estimate of drug-likeness (QED) is 0.663. The molecular weight excluding hydrogens is 380 g/mol. The van der Waals surface area contributed by atoms with E-state index in [9.17, 15) is 4.79 Å². The third kappa shape index (κ3) is 3.41. The number of benzene rings is 1. The summed E-state index contributed by atoms with van der Waals surface area (Å²) in [5.74, 6) is 2.08. The van der Waals surface area contributed by atoms with Gasteiger partial charge in [0.15, 0.2) is 11.5 Å². The first-order valence-corrected chi connectivity index (χ1v) is 10.5. The highest BCUT2D eigenvalue weighted by atomic mass is 16.5. The number of carbonyl (C=O) groups is 1. The normalized spacial score (nSPS) is 19.7. The Bertz CT molecular complexity index is 1070. The van der Waals surface area contributed by atoms with Crippen LogP contribution in [0.15, 0.2) is 36.4 Å². The maximum absolute atomic E-state index is 13.0. The van der Waals surface area contributed by atoms with E-state index in [-0.39, 0.29) is 17.9 Å². The number of nitrogens with zero attached hydrogens (tertiary/aromatic N) is 6. The Kier molecular flexibility index (Phi) is 4.86. The van der Waals surface area contributed by atoms with Gasteiger partial charge in [0.2, 0.25) is 0 Å². The van der Waals surface area contributed by atoms with Crippen molar-refractivity contribution in [3.05, 3.63) is 53.3 Å². The molecule has 1 amide bonds. The van der Waals surface area contributed by atoms with Crippen molar-refractivity contribution in [3.8, 4) is 0 Å². The van der Waals surface area contributed by atoms with Crippen LogP contribution in [0.5, 0.6) is 0 Å². The van der Waals surface area contributed by atoms with Crippen LogP contribution in [-0.4, -0.2) is 63.9 Å². The van der Waals surface area contributed by atoms with Crippen LogP contribution in [0, 0.1) is 0 Å². The Morgan fingerprint density at radius 3 is 2.60 bits per heavy atom. The van der Waals surface area contributed by atoms with Crippen molar-refractivity contribution in [2.75, 3.05) is 32.1 Å². The maximum atomic E-state index is 13.0. The fraction of sp³-hybridized carbons (Fsp3) is 0.455. The molecule has 2 aliphatic heterocycles. The summed E-state index contributed by atoms with van der Waals surface area (Å²) in [6.45, 7) is 1.91. The number of piperidine rings is 1.